The number of nitrogens with zero attached hydrogens (tertiary/aromatic N) is 2. The van der Waals surface area contributed by atoms with Gasteiger partial charge in [-0.15, -0.1) is 0 Å². The number of methoxy groups -OCH3 is 3. The Kier molecular flexibility index (Phi) is 7.75. The van der Waals surface area contributed by atoms with Crippen LogP contribution in [0.25, 0.3) is 0 Å². The van der Waals surface area contributed by atoms with E-state index in [-0.39, 0.29) is 0 Å². The first-order chi connectivity index (χ1) is 12.5. The SMILES string of the molecule is CN=C(NCc1cc(OC)c(OC)c(OC)c1)N1CCSC(C(C)C)C1. The Hall–Kier alpha value is -1.76. The number of rotatable bonds is 6. The van der Waals surface area contributed by atoms with Gasteiger partial charge in [-0.2, -0.15) is 11.8 Å². The van der Waals surface area contributed by atoms with Gasteiger partial charge in [0, 0.05) is 37.7 Å². The Balaban J connectivity index is 2.09. The molecule has 1 saturated heterocycles. The van der Waals surface area contributed by atoms with Crippen LogP contribution in [-0.4, -0.2) is 63.3 Å². The van der Waals surface area contributed by atoms with Crippen molar-refractivity contribution in [3.8, 4) is 17.2 Å². The van der Waals surface area contributed by atoms with Gasteiger partial charge in [0.25, 0.3) is 0 Å². The van der Waals surface area contributed by atoms with Crippen LogP contribution in [0.5, 0.6) is 17.2 Å². The van der Waals surface area contributed by atoms with E-state index in [0.29, 0.717) is 35.0 Å². The van der Waals surface area contributed by atoms with E-state index < -0.39 is 0 Å². The van der Waals surface area contributed by atoms with Gasteiger partial charge in [0.2, 0.25) is 5.75 Å². The predicted octanol–water partition coefficient (Wildman–Crippen LogP) is 2.86. The molecule has 0 spiro atoms. The number of ether oxygens (including phenoxy) is 3. The largest absolute Gasteiger partial charge is 0.493 e. The molecule has 1 aromatic rings. The molecule has 0 saturated carbocycles. The smallest absolute Gasteiger partial charge is 0.203 e. The van der Waals surface area contributed by atoms with Crippen LogP contribution in [0.1, 0.15) is 19.4 Å². The first kappa shape index (κ1) is 20.6. The van der Waals surface area contributed by atoms with Crippen molar-refractivity contribution in [1.29, 1.82) is 0 Å². The summed E-state index contributed by atoms with van der Waals surface area (Å²) in [6.07, 6.45) is 0. The summed E-state index contributed by atoms with van der Waals surface area (Å²) in [5, 5.41) is 4.11. The summed E-state index contributed by atoms with van der Waals surface area (Å²) in [6.45, 7) is 7.25. The summed E-state index contributed by atoms with van der Waals surface area (Å²) in [5.41, 5.74) is 1.05. The third-order valence-corrected chi connectivity index (χ3v) is 6.06. The second kappa shape index (κ2) is 9.80. The Morgan fingerprint density at radius 3 is 2.38 bits per heavy atom. The molecule has 26 heavy (non-hydrogen) atoms. The molecule has 6 nitrogen and oxygen atoms in total. The third-order valence-electron chi connectivity index (χ3n) is 4.52. The molecule has 146 valence electrons. The number of hydrogen-bond acceptors (Lipinski definition) is 5. The number of thioether (sulfide) groups is 1. The summed E-state index contributed by atoms with van der Waals surface area (Å²) in [7, 11) is 6.71. The zero-order valence-corrected chi connectivity index (χ0v) is 17.5. The topological polar surface area (TPSA) is 55.3 Å². The van der Waals surface area contributed by atoms with Crippen molar-refractivity contribution < 1.29 is 14.2 Å². The Bertz CT molecular complexity index is 597. The van der Waals surface area contributed by atoms with Crippen molar-refractivity contribution in [2.24, 2.45) is 10.9 Å². The molecule has 1 aliphatic heterocycles. The summed E-state index contributed by atoms with van der Waals surface area (Å²) in [4.78, 5) is 6.82. The van der Waals surface area contributed by atoms with Gasteiger partial charge in [0.1, 0.15) is 0 Å². The maximum atomic E-state index is 5.43. The number of guanidine groups is 1. The summed E-state index contributed by atoms with van der Waals surface area (Å²) >= 11 is 2.06. The van der Waals surface area contributed by atoms with E-state index in [0.717, 1.165) is 30.4 Å². The molecule has 1 aliphatic rings. The van der Waals surface area contributed by atoms with Crippen LogP contribution < -0.4 is 19.5 Å². The van der Waals surface area contributed by atoms with E-state index in [2.05, 4.69) is 40.8 Å². The van der Waals surface area contributed by atoms with E-state index in [1.54, 1.807) is 21.3 Å². The minimum atomic E-state index is 0.607. The fourth-order valence-electron chi connectivity index (χ4n) is 3.02. The van der Waals surface area contributed by atoms with E-state index in [1.807, 2.05) is 19.2 Å². The molecule has 2 rings (SSSR count). The van der Waals surface area contributed by atoms with Crippen LogP contribution in [-0.2, 0) is 6.54 Å². The van der Waals surface area contributed by atoms with Gasteiger partial charge < -0.3 is 24.4 Å². The highest BCUT2D eigenvalue weighted by Gasteiger charge is 2.25. The monoisotopic (exact) mass is 381 g/mol. The number of hydrogen-bond donors (Lipinski definition) is 1. The zero-order chi connectivity index (χ0) is 19.1. The molecule has 0 aromatic heterocycles. The van der Waals surface area contributed by atoms with Crippen LogP contribution in [0.15, 0.2) is 17.1 Å². The van der Waals surface area contributed by atoms with Gasteiger partial charge in [0.15, 0.2) is 17.5 Å². The van der Waals surface area contributed by atoms with E-state index in [4.69, 9.17) is 14.2 Å². The molecule has 1 heterocycles. The zero-order valence-electron chi connectivity index (χ0n) is 16.7. The molecule has 1 N–H and O–H groups in total. The molecule has 0 bridgehead atoms. The normalized spacial score (nSPS) is 18.0. The lowest BCUT2D eigenvalue weighted by Gasteiger charge is -2.36. The molecule has 1 atom stereocenters. The van der Waals surface area contributed by atoms with Crippen LogP contribution in [0.4, 0.5) is 0 Å². The molecule has 0 amide bonds. The number of nitrogens with one attached hydrogen (secondary N) is 1. The van der Waals surface area contributed by atoms with Crippen LogP contribution in [0, 0.1) is 5.92 Å². The van der Waals surface area contributed by atoms with Gasteiger partial charge >= 0.3 is 0 Å². The molecule has 0 radical (unpaired) electrons. The van der Waals surface area contributed by atoms with E-state index in [1.165, 1.54) is 0 Å². The summed E-state index contributed by atoms with van der Waals surface area (Å²) in [5.74, 6) is 4.66. The molecule has 7 heteroatoms. The Labute approximate surface area is 161 Å². The predicted molar refractivity (Wildman–Crippen MR) is 109 cm³/mol. The quantitative estimate of drug-likeness (QED) is 0.604. The second-order valence-corrected chi connectivity index (χ2v) is 7.88. The summed E-state index contributed by atoms with van der Waals surface area (Å²) in [6, 6.07) is 3.93. The first-order valence-corrected chi connectivity index (χ1v) is 9.95. The average molecular weight is 382 g/mol. The maximum absolute atomic E-state index is 5.43. The minimum Gasteiger partial charge on any atom is -0.493 e. The molecule has 0 aliphatic carbocycles. The van der Waals surface area contributed by atoms with Crippen molar-refractivity contribution in [3.63, 3.8) is 0 Å². The van der Waals surface area contributed by atoms with Crippen LogP contribution in [0.3, 0.4) is 0 Å². The second-order valence-electron chi connectivity index (χ2n) is 6.53. The fourth-order valence-corrected chi connectivity index (χ4v) is 4.32. The van der Waals surface area contributed by atoms with Crippen LogP contribution >= 0.6 is 11.8 Å². The lowest BCUT2D eigenvalue weighted by Crippen LogP contribution is -2.48. The average Bonchev–Trinajstić information content (AvgIpc) is 2.67. The highest BCUT2D eigenvalue weighted by atomic mass is 32.2. The fraction of sp³-hybridized carbons (Fsp3) is 0.632. The lowest BCUT2D eigenvalue weighted by molar-refractivity contribution is 0.323. The Morgan fingerprint density at radius 2 is 1.88 bits per heavy atom. The van der Waals surface area contributed by atoms with Crippen molar-refractivity contribution in [2.45, 2.75) is 25.6 Å². The third kappa shape index (κ3) is 4.90. The van der Waals surface area contributed by atoms with Crippen LogP contribution in [0.2, 0.25) is 0 Å². The highest BCUT2D eigenvalue weighted by molar-refractivity contribution is 8.00. The van der Waals surface area contributed by atoms with E-state index in [9.17, 15) is 0 Å². The van der Waals surface area contributed by atoms with Crippen molar-refractivity contribution >= 4 is 17.7 Å². The van der Waals surface area contributed by atoms with Crippen molar-refractivity contribution in [2.75, 3.05) is 47.2 Å². The molecule has 1 fully saturated rings. The molecular formula is C19H31N3O3S. The van der Waals surface area contributed by atoms with E-state index >= 15 is 0 Å². The highest BCUT2D eigenvalue weighted by Crippen LogP contribution is 2.38. The number of benzene rings is 1. The first-order valence-electron chi connectivity index (χ1n) is 8.90. The Morgan fingerprint density at radius 1 is 1.23 bits per heavy atom. The standard InChI is InChI=1S/C19H31N3O3S/c1-13(2)17-12-22(7-8-26-17)19(20-3)21-11-14-9-15(23-4)18(25-6)16(10-14)24-5/h9-10,13,17H,7-8,11-12H2,1-6H3,(H,20,21). The van der Waals surface area contributed by atoms with Gasteiger partial charge in [-0.05, 0) is 23.6 Å². The van der Waals surface area contributed by atoms with Gasteiger partial charge in [0.05, 0.1) is 21.3 Å². The molecular weight excluding hydrogens is 350 g/mol. The molecule has 1 aromatic carbocycles. The lowest BCUT2D eigenvalue weighted by atomic mass is 10.1. The minimum absolute atomic E-state index is 0.607. The van der Waals surface area contributed by atoms with Gasteiger partial charge in [-0.3, -0.25) is 4.99 Å². The van der Waals surface area contributed by atoms with Gasteiger partial charge in [-0.25, -0.2) is 0 Å². The van der Waals surface area contributed by atoms with Gasteiger partial charge in [-0.1, -0.05) is 13.8 Å². The summed E-state index contributed by atoms with van der Waals surface area (Å²) < 4.78 is 16.3. The maximum Gasteiger partial charge on any atom is 0.203 e. The van der Waals surface area contributed by atoms with Crippen molar-refractivity contribution in [1.82, 2.24) is 10.2 Å². The number of aliphatic imine (C=N–C) groups is 1. The molecule has 1 unspecified atom stereocenters. The van der Waals surface area contributed by atoms with Crippen molar-refractivity contribution in [3.05, 3.63) is 17.7 Å².